The van der Waals surface area contributed by atoms with Crippen LogP contribution in [0.5, 0.6) is 0 Å². The van der Waals surface area contributed by atoms with Crippen molar-refractivity contribution in [1.29, 1.82) is 0 Å². The molecule has 3 heterocycles. The van der Waals surface area contributed by atoms with Crippen molar-refractivity contribution in [2.45, 2.75) is 25.3 Å². The predicted molar refractivity (Wildman–Crippen MR) is 68.6 cm³/mol. The maximum atomic E-state index is 12.9. The van der Waals surface area contributed by atoms with Crippen molar-refractivity contribution in [2.75, 3.05) is 0 Å². The van der Waals surface area contributed by atoms with E-state index in [4.69, 9.17) is 0 Å². The van der Waals surface area contributed by atoms with Gasteiger partial charge in [0.2, 0.25) is 0 Å². The first kappa shape index (κ1) is 10.7. The standard InChI is InChI=1S/C13H11BrFN3/c14-12-10-4-1-7-5-11(7)18(10)17-13(12)9-3-2-8(15)6-16-9/h2-3,6-7,11H,1,4-5H2. The van der Waals surface area contributed by atoms with Crippen LogP contribution in [0.3, 0.4) is 0 Å². The van der Waals surface area contributed by atoms with Gasteiger partial charge in [0.05, 0.1) is 28.1 Å². The molecule has 2 aliphatic rings. The summed E-state index contributed by atoms with van der Waals surface area (Å²) in [6, 6.07) is 3.69. The molecule has 0 spiro atoms. The fraction of sp³-hybridized carbons (Fsp3) is 0.385. The Bertz CT molecular complexity index is 620. The zero-order valence-corrected chi connectivity index (χ0v) is 11.2. The first-order valence-corrected chi connectivity index (χ1v) is 6.92. The molecular formula is C13H11BrFN3. The number of hydrogen-bond acceptors (Lipinski definition) is 2. The van der Waals surface area contributed by atoms with E-state index >= 15 is 0 Å². The Morgan fingerprint density at radius 2 is 2.28 bits per heavy atom. The summed E-state index contributed by atoms with van der Waals surface area (Å²) in [7, 11) is 0. The molecule has 2 aromatic rings. The molecule has 1 fully saturated rings. The number of pyridine rings is 1. The molecule has 0 amide bonds. The van der Waals surface area contributed by atoms with Crippen molar-refractivity contribution < 1.29 is 4.39 Å². The lowest BCUT2D eigenvalue weighted by molar-refractivity contribution is 0.492. The number of hydrogen-bond donors (Lipinski definition) is 0. The molecule has 5 heteroatoms. The van der Waals surface area contributed by atoms with Gasteiger partial charge in [-0.15, -0.1) is 0 Å². The monoisotopic (exact) mass is 307 g/mol. The molecule has 2 atom stereocenters. The van der Waals surface area contributed by atoms with Crippen LogP contribution in [-0.2, 0) is 6.42 Å². The van der Waals surface area contributed by atoms with Crippen LogP contribution < -0.4 is 0 Å². The number of halogens is 2. The molecule has 1 aliphatic heterocycles. The molecule has 0 radical (unpaired) electrons. The highest BCUT2D eigenvalue weighted by Gasteiger charge is 2.44. The van der Waals surface area contributed by atoms with E-state index in [1.807, 2.05) is 0 Å². The Morgan fingerprint density at radius 1 is 1.39 bits per heavy atom. The van der Waals surface area contributed by atoms with Gasteiger partial charge in [-0.2, -0.15) is 5.10 Å². The molecule has 1 saturated carbocycles. The summed E-state index contributed by atoms with van der Waals surface area (Å²) in [5.41, 5.74) is 2.81. The summed E-state index contributed by atoms with van der Waals surface area (Å²) < 4.78 is 16.1. The topological polar surface area (TPSA) is 30.7 Å². The van der Waals surface area contributed by atoms with Gasteiger partial charge in [0.15, 0.2) is 0 Å². The molecule has 4 rings (SSSR count). The van der Waals surface area contributed by atoms with E-state index in [9.17, 15) is 4.39 Å². The molecule has 0 saturated heterocycles. The molecule has 92 valence electrons. The van der Waals surface area contributed by atoms with Crippen LogP contribution in [0.15, 0.2) is 22.8 Å². The summed E-state index contributed by atoms with van der Waals surface area (Å²) >= 11 is 3.62. The van der Waals surface area contributed by atoms with Crippen molar-refractivity contribution in [1.82, 2.24) is 14.8 Å². The molecule has 2 aromatic heterocycles. The first-order chi connectivity index (χ1) is 8.74. The van der Waals surface area contributed by atoms with E-state index < -0.39 is 0 Å². The average molecular weight is 308 g/mol. The summed E-state index contributed by atoms with van der Waals surface area (Å²) in [5, 5.41) is 4.66. The predicted octanol–water partition coefficient (Wildman–Crippen LogP) is 3.35. The normalized spacial score (nSPS) is 24.6. The second-order valence-corrected chi connectivity index (χ2v) is 5.81. The molecular weight excluding hydrogens is 297 g/mol. The van der Waals surface area contributed by atoms with Crippen LogP contribution in [0, 0.1) is 11.7 Å². The summed E-state index contributed by atoms with van der Waals surface area (Å²) in [5.74, 6) is 0.499. The molecule has 18 heavy (non-hydrogen) atoms. The Morgan fingerprint density at radius 3 is 3.06 bits per heavy atom. The largest absolute Gasteiger partial charge is 0.264 e. The Balaban J connectivity index is 1.84. The van der Waals surface area contributed by atoms with E-state index in [1.54, 1.807) is 6.07 Å². The maximum absolute atomic E-state index is 12.9. The number of rotatable bonds is 1. The third-order valence-corrected chi connectivity index (χ3v) is 4.70. The van der Waals surface area contributed by atoms with Crippen LogP contribution >= 0.6 is 15.9 Å². The van der Waals surface area contributed by atoms with Crippen LogP contribution in [0.4, 0.5) is 4.39 Å². The highest BCUT2D eigenvalue weighted by molar-refractivity contribution is 9.10. The van der Waals surface area contributed by atoms with Gasteiger partial charge in [0.25, 0.3) is 0 Å². The zero-order chi connectivity index (χ0) is 12.3. The SMILES string of the molecule is Fc1ccc(-c2nn3c(c2Br)CCC2CC23)nc1. The fourth-order valence-corrected chi connectivity index (χ4v) is 3.45. The minimum atomic E-state index is -0.318. The van der Waals surface area contributed by atoms with Gasteiger partial charge < -0.3 is 0 Å². The highest BCUT2D eigenvalue weighted by Crippen LogP contribution is 2.51. The van der Waals surface area contributed by atoms with Crippen LogP contribution in [-0.4, -0.2) is 14.8 Å². The smallest absolute Gasteiger partial charge is 0.141 e. The van der Waals surface area contributed by atoms with Gasteiger partial charge in [-0.1, -0.05) is 0 Å². The van der Waals surface area contributed by atoms with Crippen molar-refractivity contribution in [2.24, 2.45) is 5.92 Å². The van der Waals surface area contributed by atoms with E-state index in [0.29, 0.717) is 6.04 Å². The lowest BCUT2D eigenvalue weighted by Crippen LogP contribution is -2.09. The molecule has 0 N–H and O–H groups in total. The second kappa shape index (κ2) is 3.63. The van der Waals surface area contributed by atoms with Gasteiger partial charge in [-0.25, -0.2) is 4.39 Å². The number of fused-ring (bicyclic) bond motifs is 3. The maximum Gasteiger partial charge on any atom is 0.141 e. The quantitative estimate of drug-likeness (QED) is 0.809. The molecule has 1 aliphatic carbocycles. The van der Waals surface area contributed by atoms with Crippen molar-refractivity contribution in [3.63, 3.8) is 0 Å². The lowest BCUT2D eigenvalue weighted by Gasteiger charge is -2.12. The van der Waals surface area contributed by atoms with Crippen molar-refractivity contribution >= 4 is 15.9 Å². The van der Waals surface area contributed by atoms with E-state index in [0.717, 1.165) is 28.2 Å². The van der Waals surface area contributed by atoms with Crippen LogP contribution in [0.2, 0.25) is 0 Å². The Kier molecular flexibility index (Phi) is 2.15. The Hall–Kier alpha value is -1.23. The number of nitrogens with zero attached hydrogens (tertiary/aromatic N) is 3. The third-order valence-electron chi connectivity index (χ3n) is 3.87. The number of aromatic nitrogens is 3. The molecule has 2 unspecified atom stereocenters. The first-order valence-electron chi connectivity index (χ1n) is 6.13. The van der Waals surface area contributed by atoms with Gasteiger partial charge in [0.1, 0.15) is 11.5 Å². The molecule has 0 bridgehead atoms. The van der Waals surface area contributed by atoms with Gasteiger partial charge >= 0.3 is 0 Å². The highest BCUT2D eigenvalue weighted by atomic mass is 79.9. The summed E-state index contributed by atoms with van der Waals surface area (Å²) in [6.07, 6.45) is 4.80. The molecule has 0 aromatic carbocycles. The lowest BCUT2D eigenvalue weighted by atomic mass is 10.1. The van der Waals surface area contributed by atoms with Crippen molar-refractivity contribution in [3.8, 4) is 11.4 Å². The summed E-state index contributed by atoms with van der Waals surface area (Å²) in [4.78, 5) is 4.11. The van der Waals surface area contributed by atoms with Gasteiger partial charge in [-0.05, 0) is 53.2 Å². The van der Waals surface area contributed by atoms with E-state index in [2.05, 4.69) is 30.7 Å². The van der Waals surface area contributed by atoms with Crippen LogP contribution in [0.1, 0.15) is 24.6 Å². The molecule has 3 nitrogen and oxygen atoms in total. The van der Waals surface area contributed by atoms with Crippen molar-refractivity contribution in [3.05, 3.63) is 34.3 Å². The van der Waals surface area contributed by atoms with Gasteiger partial charge in [0, 0.05) is 0 Å². The second-order valence-electron chi connectivity index (χ2n) is 5.02. The van der Waals surface area contributed by atoms with Gasteiger partial charge in [-0.3, -0.25) is 9.67 Å². The fourth-order valence-electron chi connectivity index (χ4n) is 2.79. The Labute approximate surface area is 112 Å². The third kappa shape index (κ3) is 1.46. The summed E-state index contributed by atoms with van der Waals surface area (Å²) in [6.45, 7) is 0. The minimum absolute atomic E-state index is 0.318. The van der Waals surface area contributed by atoms with Crippen LogP contribution in [0.25, 0.3) is 11.4 Å². The van der Waals surface area contributed by atoms with E-state index in [1.165, 1.54) is 30.8 Å². The average Bonchev–Trinajstić information content (AvgIpc) is 3.10. The van der Waals surface area contributed by atoms with E-state index in [-0.39, 0.29) is 5.82 Å². The minimum Gasteiger partial charge on any atom is -0.264 e. The zero-order valence-electron chi connectivity index (χ0n) is 9.61.